The third kappa shape index (κ3) is 3.14. The highest BCUT2D eigenvalue weighted by Crippen LogP contribution is 2.21. The summed E-state index contributed by atoms with van der Waals surface area (Å²) in [5.41, 5.74) is 0.935. The van der Waals surface area contributed by atoms with Gasteiger partial charge < -0.3 is 10.4 Å². The molecule has 0 fully saturated rings. The Morgan fingerprint density at radius 1 is 1.45 bits per heavy atom. The fraction of sp³-hybridized carbons (Fsp3) is 0.286. The minimum absolute atomic E-state index is 0.146. The van der Waals surface area contributed by atoms with E-state index in [-0.39, 0.29) is 6.04 Å². The van der Waals surface area contributed by atoms with Crippen LogP contribution in [0.5, 0.6) is 0 Å². The van der Waals surface area contributed by atoms with E-state index in [0.29, 0.717) is 11.3 Å². The van der Waals surface area contributed by atoms with Crippen molar-refractivity contribution in [1.82, 2.24) is 9.78 Å². The molecule has 6 heteroatoms. The molecule has 0 saturated heterocycles. The van der Waals surface area contributed by atoms with Crippen molar-refractivity contribution in [3.8, 4) is 0 Å². The third-order valence-electron chi connectivity index (χ3n) is 2.87. The molecule has 0 bridgehead atoms. The largest absolute Gasteiger partial charge is 0.479 e. The molecule has 0 spiro atoms. The van der Waals surface area contributed by atoms with Crippen molar-refractivity contribution in [1.29, 1.82) is 0 Å². The van der Waals surface area contributed by atoms with Crippen molar-refractivity contribution in [2.75, 3.05) is 5.32 Å². The second-order valence-corrected chi connectivity index (χ2v) is 4.77. The van der Waals surface area contributed by atoms with Crippen molar-refractivity contribution in [3.05, 3.63) is 48.0 Å². The van der Waals surface area contributed by atoms with E-state index in [0.717, 1.165) is 0 Å². The van der Waals surface area contributed by atoms with E-state index in [9.17, 15) is 14.3 Å². The van der Waals surface area contributed by atoms with Crippen LogP contribution in [0.1, 0.15) is 31.5 Å². The van der Waals surface area contributed by atoms with Crippen LogP contribution in [0.3, 0.4) is 0 Å². The van der Waals surface area contributed by atoms with Gasteiger partial charge in [0, 0.05) is 23.5 Å². The molecule has 0 aliphatic rings. The smallest absolute Gasteiger partial charge is 0.330 e. The van der Waals surface area contributed by atoms with E-state index in [2.05, 4.69) is 10.4 Å². The summed E-state index contributed by atoms with van der Waals surface area (Å²) in [4.78, 5) is 11.4. The van der Waals surface area contributed by atoms with Crippen LogP contribution in [0.2, 0.25) is 0 Å². The molecule has 1 heterocycles. The Hall–Kier alpha value is -2.37. The fourth-order valence-corrected chi connectivity index (χ4v) is 1.82. The van der Waals surface area contributed by atoms with Crippen LogP contribution >= 0.6 is 0 Å². The van der Waals surface area contributed by atoms with E-state index < -0.39 is 17.8 Å². The molecule has 0 amide bonds. The first kappa shape index (κ1) is 14.0. The molecule has 2 rings (SSSR count). The highest BCUT2D eigenvalue weighted by Gasteiger charge is 2.21. The lowest BCUT2D eigenvalue weighted by molar-refractivity contribution is -0.138. The van der Waals surface area contributed by atoms with Crippen LogP contribution in [0, 0.1) is 5.82 Å². The average molecular weight is 277 g/mol. The topological polar surface area (TPSA) is 67.2 Å². The van der Waals surface area contributed by atoms with Gasteiger partial charge >= 0.3 is 5.97 Å². The molecule has 1 unspecified atom stereocenters. The van der Waals surface area contributed by atoms with Crippen molar-refractivity contribution < 1.29 is 14.3 Å². The zero-order valence-corrected chi connectivity index (χ0v) is 11.2. The maximum absolute atomic E-state index is 13.1. The fourth-order valence-electron chi connectivity index (χ4n) is 1.82. The summed E-state index contributed by atoms with van der Waals surface area (Å²) in [5, 5.41) is 16.2. The Morgan fingerprint density at radius 3 is 2.75 bits per heavy atom. The number of aromatic nitrogens is 2. The molecule has 5 nitrogen and oxygen atoms in total. The molecule has 2 N–H and O–H groups in total. The molecule has 0 saturated carbocycles. The predicted molar refractivity (Wildman–Crippen MR) is 73.0 cm³/mol. The number of carbonyl (C=O) groups is 1. The van der Waals surface area contributed by atoms with E-state index in [1.165, 1.54) is 24.4 Å². The summed E-state index contributed by atoms with van der Waals surface area (Å²) >= 11 is 0. The van der Waals surface area contributed by atoms with E-state index in [1.54, 1.807) is 16.9 Å². The van der Waals surface area contributed by atoms with E-state index in [4.69, 9.17) is 0 Å². The Morgan fingerprint density at radius 2 is 2.20 bits per heavy atom. The SMILES string of the molecule is CC(C)n1cc(C(Nc2cccc(F)c2)C(=O)O)cn1. The Labute approximate surface area is 116 Å². The van der Waals surface area contributed by atoms with Gasteiger partial charge in [-0.2, -0.15) is 5.10 Å². The van der Waals surface area contributed by atoms with Gasteiger partial charge in [0.25, 0.3) is 0 Å². The molecule has 1 aromatic carbocycles. The van der Waals surface area contributed by atoms with Gasteiger partial charge in [0.05, 0.1) is 6.20 Å². The predicted octanol–water partition coefficient (Wildman–Crippen LogP) is 2.84. The number of rotatable bonds is 5. The van der Waals surface area contributed by atoms with Gasteiger partial charge in [-0.1, -0.05) is 6.07 Å². The summed E-state index contributed by atoms with van der Waals surface area (Å²) < 4.78 is 14.8. The first-order valence-corrected chi connectivity index (χ1v) is 6.26. The molecule has 1 aromatic heterocycles. The number of halogens is 1. The van der Waals surface area contributed by atoms with E-state index >= 15 is 0 Å². The van der Waals surface area contributed by atoms with Gasteiger partial charge in [-0.05, 0) is 32.0 Å². The molecule has 106 valence electrons. The molecule has 2 aromatic rings. The minimum atomic E-state index is -1.04. The number of anilines is 1. The number of aliphatic carboxylic acids is 1. The zero-order valence-electron chi connectivity index (χ0n) is 11.2. The second-order valence-electron chi connectivity index (χ2n) is 4.77. The number of nitrogens with one attached hydrogen (secondary N) is 1. The van der Waals surface area contributed by atoms with Gasteiger partial charge in [0.2, 0.25) is 0 Å². The molecule has 0 radical (unpaired) electrons. The summed E-state index contributed by atoms with van der Waals surface area (Å²) in [7, 11) is 0. The number of benzene rings is 1. The van der Waals surface area contributed by atoms with E-state index in [1.807, 2.05) is 13.8 Å². The van der Waals surface area contributed by atoms with Crippen molar-refractivity contribution in [2.24, 2.45) is 0 Å². The van der Waals surface area contributed by atoms with Crippen LogP contribution in [0.15, 0.2) is 36.7 Å². The number of carboxylic acids is 1. The monoisotopic (exact) mass is 277 g/mol. The highest BCUT2D eigenvalue weighted by molar-refractivity contribution is 5.79. The van der Waals surface area contributed by atoms with Gasteiger partial charge in [-0.3, -0.25) is 4.68 Å². The van der Waals surface area contributed by atoms with Gasteiger partial charge in [-0.15, -0.1) is 0 Å². The van der Waals surface area contributed by atoms with Crippen LogP contribution in [0.25, 0.3) is 0 Å². The number of nitrogens with zero attached hydrogens (tertiary/aromatic N) is 2. The number of hydrogen-bond donors (Lipinski definition) is 2. The zero-order chi connectivity index (χ0) is 14.7. The molecule has 0 aliphatic heterocycles. The molecular formula is C14H16FN3O2. The van der Waals surface area contributed by atoms with Gasteiger partial charge in [0.1, 0.15) is 5.82 Å². The second kappa shape index (κ2) is 5.73. The maximum atomic E-state index is 13.1. The summed E-state index contributed by atoms with van der Waals surface area (Å²) in [6.07, 6.45) is 3.18. The van der Waals surface area contributed by atoms with Crippen molar-refractivity contribution in [3.63, 3.8) is 0 Å². The Kier molecular flexibility index (Phi) is 4.02. The first-order valence-electron chi connectivity index (χ1n) is 6.26. The number of hydrogen-bond acceptors (Lipinski definition) is 3. The first-order chi connectivity index (χ1) is 9.47. The molecule has 0 aliphatic carbocycles. The quantitative estimate of drug-likeness (QED) is 0.882. The van der Waals surface area contributed by atoms with Gasteiger partial charge in [0.15, 0.2) is 6.04 Å². The summed E-state index contributed by atoms with van der Waals surface area (Å²) in [6.45, 7) is 3.90. The summed E-state index contributed by atoms with van der Waals surface area (Å²) in [6, 6.07) is 4.87. The molecule has 20 heavy (non-hydrogen) atoms. The lowest BCUT2D eigenvalue weighted by atomic mass is 10.1. The van der Waals surface area contributed by atoms with Crippen LogP contribution in [-0.4, -0.2) is 20.9 Å². The third-order valence-corrected chi connectivity index (χ3v) is 2.87. The lowest BCUT2D eigenvalue weighted by Gasteiger charge is -2.14. The summed E-state index contributed by atoms with van der Waals surface area (Å²) in [5.74, 6) is -1.46. The normalized spacial score (nSPS) is 12.4. The van der Waals surface area contributed by atoms with Gasteiger partial charge in [-0.25, -0.2) is 9.18 Å². The Balaban J connectivity index is 2.24. The maximum Gasteiger partial charge on any atom is 0.330 e. The van der Waals surface area contributed by atoms with Crippen molar-refractivity contribution >= 4 is 11.7 Å². The number of carboxylic acid groups (broad SMARTS) is 1. The minimum Gasteiger partial charge on any atom is -0.479 e. The lowest BCUT2D eigenvalue weighted by Crippen LogP contribution is -2.20. The molecular weight excluding hydrogens is 261 g/mol. The highest BCUT2D eigenvalue weighted by atomic mass is 19.1. The molecule has 1 atom stereocenters. The Bertz CT molecular complexity index is 610. The van der Waals surface area contributed by atoms with Crippen LogP contribution in [0.4, 0.5) is 10.1 Å². The van der Waals surface area contributed by atoms with Crippen LogP contribution in [-0.2, 0) is 4.79 Å². The average Bonchev–Trinajstić information content (AvgIpc) is 2.85. The van der Waals surface area contributed by atoms with Crippen LogP contribution < -0.4 is 5.32 Å². The van der Waals surface area contributed by atoms with Crippen molar-refractivity contribution in [2.45, 2.75) is 25.9 Å². The standard InChI is InChI=1S/C14H16FN3O2/c1-9(2)18-8-10(7-16-18)13(14(19)20)17-12-5-3-4-11(15)6-12/h3-9,13,17H,1-2H3,(H,19,20).